The van der Waals surface area contributed by atoms with Gasteiger partial charge in [0.05, 0.1) is 0 Å². The van der Waals surface area contributed by atoms with Crippen molar-refractivity contribution < 1.29 is 52.1 Å². The van der Waals surface area contributed by atoms with E-state index in [9.17, 15) is 0 Å². The molecule has 1 aliphatic rings. The van der Waals surface area contributed by atoms with Crippen LogP contribution in [0.5, 0.6) is 0 Å². The maximum absolute atomic E-state index is 7.50. The van der Waals surface area contributed by atoms with Gasteiger partial charge in [-0.2, -0.15) is 0 Å². The average Bonchev–Trinajstić information content (AvgIpc) is 2.63. The fourth-order valence-electron chi connectivity index (χ4n) is 0.800. The molecule has 0 unspecified atom stereocenters. The van der Waals surface area contributed by atoms with E-state index in [4.69, 9.17) is 32.7 Å². The van der Waals surface area contributed by atoms with Gasteiger partial charge in [-0.25, -0.2) is 0 Å². The van der Waals surface area contributed by atoms with Crippen LogP contribution >= 0.6 is 0 Å². The van der Waals surface area contributed by atoms with Crippen molar-refractivity contribution in [2.24, 2.45) is 0 Å². The summed E-state index contributed by atoms with van der Waals surface area (Å²) >= 11 is 1.32. The summed E-state index contributed by atoms with van der Waals surface area (Å²) in [6.07, 6.45) is 4.35. The first-order valence-corrected chi connectivity index (χ1v) is 5.74. The molecule has 0 N–H and O–H groups in total. The second-order valence-electron chi connectivity index (χ2n) is 2.05. The van der Waals surface area contributed by atoms with Gasteiger partial charge < -0.3 is 0 Å². The van der Waals surface area contributed by atoms with Crippen LogP contribution in [0, 0.1) is 33.3 Å². The Balaban J connectivity index is -0.0000000639. The van der Waals surface area contributed by atoms with E-state index in [0.29, 0.717) is 0 Å². The van der Waals surface area contributed by atoms with Crippen molar-refractivity contribution in [1.29, 1.82) is 0 Å². The average molecular weight is 450 g/mol. The zero-order valence-corrected chi connectivity index (χ0v) is 13.4. The third-order valence-corrected chi connectivity index (χ3v) is 2.64. The first-order valence-electron chi connectivity index (χ1n) is 4.28. The Morgan fingerprint density at radius 1 is 1.05 bits per heavy atom. The van der Waals surface area contributed by atoms with E-state index in [1.807, 2.05) is 0 Å². The molecule has 0 saturated carbocycles. The molecule has 8 heteroatoms. The molecule has 0 aromatic rings. The van der Waals surface area contributed by atoms with Crippen LogP contribution in [0.3, 0.4) is 0 Å². The summed E-state index contributed by atoms with van der Waals surface area (Å²) in [7, 11) is 1.68. The number of hydrogen-bond acceptors (Lipinski definition) is 2. The van der Waals surface area contributed by atoms with Crippen molar-refractivity contribution in [2.45, 2.75) is 12.8 Å². The summed E-state index contributed by atoms with van der Waals surface area (Å²) in [5, 5.41) is 0. The number of hydrogen-bond donors (Lipinski definition) is 0. The fourth-order valence-corrected chi connectivity index (χ4v) is 1.31. The first-order chi connectivity index (χ1) is 9.84. The molecule has 0 aromatic heterocycles. The van der Waals surface area contributed by atoms with E-state index in [1.165, 1.54) is 19.4 Å². The van der Waals surface area contributed by atoms with Gasteiger partial charge >= 0.3 is 128 Å². The van der Waals surface area contributed by atoms with Gasteiger partial charge in [0.1, 0.15) is 0 Å². The van der Waals surface area contributed by atoms with Crippen LogP contribution < -0.4 is 0 Å². The van der Waals surface area contributed by atoms with Crippen LogP contribution in [0.1, 0.15) is 12.8 Å². The maximum atomic E-state index is 7.50. The Morgan fingerprint density at radius 2 is 1.45 bits per heavy atom. The molecule has 1 aliphatic heterocycles. The minimum atomic E-state index is 0.839. The summed E-state index contributed by atoms with van der Waals surface area (Å²) in [6.45, 7) is 23.3. The molecule has 0 bridgehead atoms. The first kappa shape index (κ1) is 31.3. The standard InChI is InChI=1S/C7H10O2.5CO.W/c1-8-6-7-4-2-3-5-9-7;5*1-2;/h4H,2-3,5H2,1H3;;;;;;. The van der Waals surface area contributed by atoms with Gasteiger partial charge in [0.15, 0.2) is 0 Å². The summed E-state index contributed by atoms with van der Waals surface area (Å²) in [5.41, 5.74) is 0. The van der Waals surface area contributed by atoms with E-state index >= 15 is 0 Å². The van der Waals surface area contributed by atoms with Crippen LogP contribution in [-0.4, -0.2) is 17.8 Å². The van der Waals surface area contributed by atoms with Gasteiger partial charge in [-0.3, -0.25) is 0 Å². The van der Waals surface area contributed by atoms with Gasteiger partial charge in [-0.1, -0.05) is 0 Å². The summed E-state index contributed by atoms with van der Waals surface area (Å²) < 4.78 is 48.9. The molecular formula is C12H10O7W. The Labute approximate surface area is 128 Å². The third-order valence-electron chi connectivity index (χ3n) is 1.32. The topological polar surface area (TPSA) is 118 Å². The fraction of sp³-hybridized carbons (Fsp3) is 0.333. The molecule has 0 aliphatic carbocycles. The van der Waals surface area contributed by atoms with Gasteiger partial charge in [0.25, 0.3) is 0 Å². The molecule has 0 radical (unpaired) electrons. The second-order valence-corrected chi connectivity index (χ2v) is 3.38. The molecule has 1 heterocycles. The molecule has 20 heavy (non-hydrogen) atoms. The molecule has 0 fully saturated rings. The quantitative estimate of drug-likeness (QED) is 0.458. The van der Waals surface area contributed by atoms with Gasteiger partial charge in [0.2, 0.25) is 0 Å². The van der Waals surface area contributed by atoms with E-state index in [0.717, 1.165) is 29.3 Å². The van der Waals surface area contributed by atoms with Crippen molar-refractivity contribution in [3.63, 3.8) is 0 Å². The zero-order chi connectivity index (χ0) is 17.4. The van der Waals surface area contributed by atoms with Gasteiger partial charge in [0, 0.05) is 0 Å². The summed E-state index contributed by atoms with van der Waals surface area (Å²) in [6, 6.07) is 0. The molecule has 106 valence electrons. The monoisotopic (exact) mass is 450 g/mol. The van der Waals surface area contributed by atoms with Crippen LogP contribution in [0.4, 0.5) is 0 Å². The molecular weight excluding hydrogens is 440 g/mol. The van der Waals surface area contributed by atoms with E-state index in [1.54, 1.807) is 7.11 Å². The SMILES string of the molecule is CO[C](=[W])C1=CCCCO1.[C-]#[O+].[C-]#[O+].[C-]#[O+].[C-]#[O+].[C-]#[O+]. The van der Waals surface area contributed by atoms with E-state index in [2.05, 4.69) is 39.3 Å². The zero-order valence-electron chi connectivity index (χ0n) is 10.5. The van der Waals surface area contributed by atoms with Crippen molar-refractivity contribution in [1.82, 2.24) is 0 Å². The molecule has 0 amide bonds. The molecule has 0 spiro atoms. The molecule has 0 saturated heterocycles. The molecule has 1 rings (SSSR count). The van der Waals surface area contributed by atoms with Crippen LogP contribution in [0.25, 0.3) is 0 Å². The Bertz CT molecular complexity index is 301. The van der Waals surface area contributed by atoms with Crippen molar-refractivity contribution >= 4 is 4.08 Å². The Hall–Kier alpha value is -1.24. The Morgan fingerprint density at radius 3 is 1.70 bits per heavy atom. The van der Waals surface area contributed by atoms with Crippen molar-refractivity contribution in [2.75, 3.05) is 13.7 Å². The van der Waals surface area contributed by atoms with Gasteiger partial charge in [-0.05, 0) is 0 Å². The number of rotatable bonds is 2. The normalized spacial score (nSPS) is 9.25. The number of methoxy groups -OCH3 is 1. The molecule has 0 aromatic carbocycles. The summed E-state index contributed by atoms with van der Waals surface area (Å²) in [4.78, 5) is 0. The third kappa shape index (κ3) is 25.6. The summed E-state index contributed by atoms with van der Waals surface area (Å²) in [5.74, 6) is 0.948. The second kappa shape index (κ2) is 43.1. The van der Waals surface area contributed by atoms with E-state index < -0.39 is 0 Å². The predicted octanol–water partition coefficient (Wildman–Crippen LogP) is 0.816. The Kier molecular flexibility index (Phi) is 67.3. The van der Waals surface area contributed by atoms with E-state index in [-0.39, 0.29) is 0 Å². The number of allylic oxidation sites excluding steroid dienone is 1. The molecule has 7 nitrogen and oxygen atoms in total. The van der Waals surface area contributed by atoms with Gasteiger partial charge in [-0.15, -0.1) is 0 Å². The van der Waals surface area contributed by atoms with Crippen LogP contribution in [-0.2, 0) is 52.1 Å². The molecule has 0 atom stereocenters. The van der Waals surface area contributed by atoms with Crippen molar-refractivity contribution in [3.8, 4) is 0 Å². The number of ether oxygens (including phenoxy) is 2. The minimum absolute atomic E-state index is 0.839. The predicted molar refractivity (Wildman–Crippen MR) is 54.9 cm³/mol. The van der Waals surface area contributed by atoms with Crippen LogP contribution in [0.2, 0.25) is 0 Å². The van der Waals surface area contributed by atoms with Crippen LogP contribution in [0.15, 0.2) is 11.8 Å². The van der Waals surface area contributed by atoms with Crippen molar-refractivity contribution in [3.05, 3.63) is 45.1 Å².